The minimum atomic E-state index is -1.83. The molecule has 190 valence electrons. The number of carbonyl (C=O) groups is 1. The Hall–Kier alpha value is -0.450. The van der Waals surface area contributed by atoms with E-state index in [9.17, 15) is 5.11 Å². The molecule has 0 aliphatic heterocycles. The second-order valence-corrected chi connectivity index (χ2v) is 9.07. The summed E-state index contributed by atoms with van der Waals surface area (Å²) < 4.78 is 0. The molecule has 0 fully saturated rings. The Labute approximate surface area is 233 Å². The number of hydrogen-bond donors (Lipinski definition) is 3. The van der Waals surface area contributed by atoms with Gasteiger partial charge in [-0.2, -0.15) is 0 Å². The zero-order valence-corrected chi connectivity index (χ0v) is 20.9. The molecule has 1 aromatic carbocycles. The molecule has 1 unspecified atom stereocenters. The summed E-state index contributed by atoms with van der Waals surface area (Å²) in [5.41, 5.74) is 1.19. The fourth-order valence-corrected chi connectivity index (χ4v) is 4.34. The van der Waals surface area contributed by atoms with E-state index >= 15 is 0 Å². The van der Waals surface area contributed by atoms with Gasteiger partial charge in [-0.3, -0.25) is 0 Å². The zero-order chi connectivity index (χ0) is 23.9. The second-order valence-electron chi connectivity index (χ2n) is 9.07. The van der Waals surface area contributed by atoms with Gasteiger partial charge in [0.15, 0.2) is 0 Å². The molecule has 1 atom stereocenters. The number of hydrogen-bond acceptors (Lipinski definition) is 2. The van der Waals surface area contributed by atoms with Gasteiger partial charge in [-0.1, -0.05) is 135 Å². The second kappa shape index (κ2) is 26.2. The summed E-state index contributed by atoms with van der Waals surface area (Å²) in [5.74, 6) is 1.05. The number of para-hydroxylation sites is 1. The summed E-state index contributed by atoms with van der Waals surface area (Å²) in [6.45, 7) is 4.57. The SMILES string of the molecule is CCCCCCCCCCCCC(CCCCCCCC)c1ccccc1O.O=C(O)O.[CaH2]. The van der Waals surface area contributed by atoms with Gasteiger partial charge in [0.1, 0.15) is 5.75 Å². The number of phenolic OH excluding ortho intramolecular Hbond substituents is 1. The maximum atomic E-state index is 10.3. The third-order valence-corrected chi connectivity index (χ3v) is 6.19. The van der Waals surface area contributed by atoms with Gasteiger partial charge in [0.05, 0.1) is 0 Å². The van der Waals surface area contributed by atoms with E-state index in [-0.39, 0.29) is 37.7 Å². The van der Waals surface area contributed by atoms with E-state index in [1.165, 1.54) is 121 Å². The molecule has 1 rings (SSSR count). The van der Waals surface area contributed by atoms with Crippen molar-refractivity contribution in [3.63, 3.8) is 0 Å². The summed E-state index contributed by atoms with van der Waals surface area (Å²) in [6.07, 6.45) is 22.7. The van der Waals surface area contributed by atoms with E-state index in [1.807, 2.05) is 12.1 Å². The Morgan fingerprint density at radius 2 is 1.00 bits per heavy atom. The van der Waals surface area contributed by atoms with Crippen molar-refractivity contribution in [2.45, 2.75) is 135 Å². The third kappa shape index (κ3) is 23.1. The van der Waals surface area contributed by atoms with Crippen molar-refractivity contribution in [1.29, 1.82) is 0 Å². The monoisotopic (exact) mass is 492 g/mol. The zero-order valence-electron chi connectivity index (χ0n) is 20.9. The molecule has 4 nitrogen and oxygen atoms in total. The first-order valence-electron chi connectivity index (χ1n) is 13.2. The molecule has 3 N–H and O–H groups in total. The molecule has 0 heterocycles. The average Bonchev–Trinajstić information content (AvgIpc) is 2.76. The van der Waals surface area contributed by atoms with Crippen LogP contribution < -0.4 is 0 Å². The Morgan fingerprint density at radius 3 is 1.36 bits per heavy atom. The molecule has 1 aromatic rings. The van der Waals surface area contributed by atoms with E-state index in [2.05, 4.69) is 26.0 Å². The number of rotatable bonds is 19. The van der Waals surface area contributed by atoms with Gasteiger partial charge in [-0.05, 0) is 30.4 Å². The molecule has 0 bridgehead atoms. The molecule has 0 radical (unpaired) electrons. The summed E-state index contributed by atoms with van der Waals surface area (Å²) in [7, 11) is 0. The molecule has 0 aliphatic rings. The van der Waals surface area contributed by atoms with Crippen LogP contribution >= 0.6 is 0 Å². The van der Waals surface area contributed by atoms with Gasteiger partial charge < -0.3 is 15.3 Å². The number of benzene rings is 1. The summed E-state index contributed by atoms with van der Waals surface area (Å²) >= 11 is 0. The van der Waals surface area contributed by atoms with Crippen molar-refractivity contribution in [3.8, 4) is 5.75 Å². The van der Waals surface area contributed by atoms with Crippen LogP contribution in [-0.4, -0.2) is 59.2 Å². The Balaban J connectivity index is 0. The van der Waals surface area contributed by atoms with E-state index < -0.39 is 6.16 Å². The van der Waals surface area contributed by atoms with Crippen molar-refractivity contribution in [2.75, 3.05) is 0 Å². The Bertz CT molecular complexity index is 546. The fourth-order valence-electron chi connectivity index (χ4n) is 4.34. The van der Waals surface area contributed by atoms with Crippen LogP contribution in [0.3, 0.4) is 0 Å². The topological polar surface area (TPSA) is 77.8 Å². The van der Waals surface area contributed by atoms with Gasteiger partial charge in [-0.25, -0.2) is 4.79 Å². The van der Waals surface area contributed by atoms with Crippen LogP contribution in [0.15, 0.2) is 24.3 Å². The summed E-state index contributed by atoms with van der Waals surface area (Å²) in [4.78, 5) is 8.56. The Kier molecular flexibility index (Phi) is 27.5. The predicted octanol–water partition coefficient (Wildman–Crippen LogP) is 8.84. The van der Waals surface area contributed by atoms with Crippen molar-refractivity contribution >= 4 is 43.9 Å². The quantitative estimate of drug-likeness (QED) is 0.133. The molecule has 0 spiro atoms. The molecule has 0 aliphatic carbocycles. The van der Waals surface area contributed by atoms with Crippen LogP contribution in [0.25, 0.3) is 0 Å². The normalized spacial score (nSPS) is 11.2. The number of unbranched alkanes of at least 4 members (excludes halogenated alkanes) is 14. The van der Waals surface area contributed by atoms with Crippen LogP contribution in [0.4, 0.5) is 4.79 Å². The van der Waals surface area contributed by atoms with Crippen molar-refractivity contribution < 1.29 is 20.1 Å². The third-order valence-electron chi connectivity index (χ3n) is 6.19. The van der Waals surface area contributed by atoms with E-state index in [0.29, 0.717) is 11.7 Å². The van der Waals surface area contributed by atoms with E-state index in [1.54, 1.807) is 0 Å². The minimum absolute atomic E-state index is 0. The van der Waals surface area contributed by atoms with Gasteiger partial charge in [-0.15, -0.1) is 0 Å². The molecular weight excluding hydrogens is 440 g/mol. The number of phenols is 1. The standard InChI is InChI=1S/C27H48O.CH2O3.Ca.2H/c1-3-5-7-9-11-12-13-14-16-18-22-25(21-17-15-10-8-6-4-2)26-23-19-20-24-27(26)28;2-1(3)4;;;/h19-20,23-25,28H,3-18,21-22H2,1-2H3;(H2,2,3,4);;;. The molecule has 0 saturated carbocycles. The van der Waals surface area contributed by atoms with Crippen LogP contribution in [0.5, 0.6) is 5.75 Å². The van der Waals surface area contributed by atoms with Crippen LogP contribution in [-0.2, 0) is 0 Å². The number of aromatic hydroxyl groups is 1. The summed E-state index contributed by atoms with van der Waals surface area (Å²) in [6, 6.07) is 8.04. The van der Waals surface area contributed by atoms with E-state index in [4.69, 9.17) is 15.0 Å². The first kappa shape index (κ1) is 34.7. The van der Waals surface area contributed by atoms with Gasteiger partial charge >= 0.3 is 43.9 Å². The van der Waals surface area contributed by atoms with Gasteiger partial charge in [0, 0.05) is 0 Å². The van der Waals surface area contributed by atoms with Crippen LogP contribution in [0.2, 0.25) is 0 Å². The molecular formula is C28H52CaO4. The molecule has 0 saturated heterocycles. The fraction of sp³-hybridized carbons (Fsp3) is 0.750. The van der Waals surface area contributed by atoms with Crippen molar-refractivity contribution in [2.24, 2.45) is 0 Å². The molecule has 5 heteroatoms. The Morgan fingerprint density at radius 1 is 0.667 bits per heavy atom. The first-order chi connectivity index (χ1) is 15.5. The average molecular weight is 493 g/mol. The van der Waals surface area contributed by atoms with Crippen LogP contribution in [0.1, 0.15) is 141 Å². The van der Waals surface area contributed by atoms with Crippen molar-refractivity contribution in [1.82, 2.24) is 0 Å². The van der Waals surface area contributed by atoms with Crippen molar-refractivity contribution in [3.05, 3.63) is 29.8 Å². The molecule has 0 aromatic heterocycles. The number of carboxylic acid groups (broad SMARTS) is 2. The summed E-state index contributed by atoms with van der Waals surface area (Å²) in [5, 5.41) is 24.3. The first-order valence-corrected chi connectivity index (χ1v) is 13.2. The van der Waals surface area contributed by atoms with Crippen LogP contribution in [0, 0.1) is 0 Å². The molecule has 0 amide bonds. The van der Waals surface area contributed by atoms with Gasteiger partial charge in [0.2, 0.25) is 0 Å². The van der Waals surface area contributed by atoms with E-state index in [0.717, 1.165) is 0 Å². The predicted molar refractivity (Wildman–Crippen MR) is 144 cm³/mol. The maximum absolute atomic E-state index is 10.3. The molecule has 33 heavy (non-hydrogen) atoms. The van der Waals surface area contributed by atoms with Gasteiger partial charge in [0.25, 0.3) is 0 Å².